The van der Waals surface area contributed by atoms with E-state index in [0.717, 1.165) is 77.9 Å². The van der Waals surface area contributed by atoms with Gasteiger partial charge >= 0.3 is 23.9 Å². The fraction of sp³-hybridized carbons (Fsp3) is 0.278. The predicted molar refractivity (Wildman–Crippen MR) is 324 cm³/mol. The first kappa shape index (κ1) is 60.1. The van der Waals surface area contributed by atoms with Gasteiger partial charge in [-0.1, -0.05) is 170 Å². The molecule has 452 valence electrons. The van der Waals surface area contributed by atoms with Crippen molar-refractivity contribution in [3.8, 4) is 34.5 Å². The zero-order chi connectivity index (χ0) is 60.3. The molecule has 88 heavy (non-hydrogen) atoms. The molecule has 0 saturated heterocycles. The summed E-state index contributed by atoms with van der Waals surface area (Å²) in [6.07, 6.45) is 1.67. The van der Waals surface area contributed by atoms with Gasteiger partial charge in [0, 0.05) is 38.5 Å². The van der Waals surface area contributed by atoms with Crippen molar-refractivity contribution in [1.82, 2.24) is 0 Å². The van der Waals surface area contributed by atoms with Gasteiger partial charge in [-0.2, -0.15) is 0 Å². The molecular weight excluding hydrogens is 1120 g/mol. The molecule has 0 atom stereocenters. The number of hydrogen-bond donors (Lipinski definition) is 0. The highest BCUT2D eigenvalue weighted by Gasteiger charge is 2.25. The summed E-state index contributed by atoms with van der Waals surface area (Å²) < 4.78 is 74.2. The third kappa shape index (κ3) is 16.1. The Kier molecular flexibility index (Phi) is 20.6. The first-order valence-electron chi connectivity index (χ1n) is 29.5. The van der Waals surface area contributed by atoms with Crippen molar-refractivity contribution in [3.63, 3.8) is 0 Å². The molecule has 0 fully saturated rings. The molecule has 0 radical (unpaired) electrons. The maximum absolute atomic E-state index is 13.6. The Morgan fingerprint density at radius 1 is 0.250 bits per heavy atom. The van der Waals surface area contributed by atoms with Crippen LogP contribution in [0.25, 0.3) is 0 Å². The van der Waals surface area contributed by atoms with E-state index in [0.29, 0.717) is 60.2 Å². The van der Waals surface area contributed by atoms with Crippen LogP contribution in [-0.4, -0.2) is 103 Å². The molecule has 16 heteroatoms. The molecule has 2 heterocycles. The lowest BCUT2D eigenvalue weighted by Gasteiger charge is -2.22. The normalized spacial score (nSPS) is 15.7. The van der Waals surface area contributed by atoms with Crippen molar-refractivity contribution >= 4 is 23.9 Å². The average Bonchev–Trinajstić information content (AvgIpc) is 2.82. The van der Waals surface area contributed by atoms with Crippen LogP contribution in [0.1, 0.15) is 77.9 Å². The molecule has 1 aliphatic carbocycles. The average molecular weight is 1190 g/mol. The molecule has 0 spiro atoms. The third-order valence-corrected chi connectivity index (χ3v) is 15.1. The highest BCUT2D eigenvalue weighted by atomic mass is 16.6. The first-order valence-corrected chi connectivity index (χ1v) is 29.5. The van der Waals surface area contributed by atoms with Gasteiger partial charge in [-0.25, -0.2) is 19.2 Å². The number of carbonyl (C=O) groups excluding carboxylic acids is 4. The SMILES string of the molecule is O=C1COc2c3cccc2Cc2cccc(c2OCc2ccccc2)Cc2cccc(c2OCC(=O)OCCOCCO1)Cc1cccc2c1OCC(=O)OCCOCCOC(=O)COc1c(cccc1Cc1cccc(c1OCc1ccccc1)C2)C3. The molecule has 16 nitrogen and oxygen atoms in total. The van der Waals surface area contributed by atoms with E-state index >= 15 is 0 Å². The van der Waals surface area contributed by atoms with Gasteiger partial charge in [0.05, 0.1) is 26.4 Å². The van der Waals surface area contributed by atoms with Gasteiger partial charge in [0.25, 0.3) is 0 Å². The van der Waals surface area contributed by atoms with Crippen LogP contribution in [0.3, 0.4) is 0 Å². The monoisotopic (exact) mass is 1190 g/mol. The fourth-order valence-electron chi connectivity index (χ4n) is 11.1. The molecule has 0 N–H and O–H groups in total. The number of carbonyl (C=O) groups is 4. The number of ether oxygens (including phenoxy) is 12. The van der Waals surface area contributed by atoms with Crippen LogP contribution in [0, 0.1) is 0 Å². The van der Waals surface area contributed by atoms with E-state index in [1.54, 1.807) is 0 Å². The second-order valence-corrected chi connectivity index (χ2v) is 21.3. The zero-order valence-corrected chi connectivity index (χ0v) is 48.8. The van der Waals surface area contributed by atoms with E-state index in [1.807, 2.05) is 170 Å². The Bertz CT molecular complexity index is 3280. The summed E-state index contributed by atoms with van der Waals surface area (Å²) in [7, 11) is 0. The summed E-state index contributed by atoms with van der Waals surface area (Å²) >= 11 is 0. The van der Waals surface area contributed by atoms with E-state index in [1.165, 1.54) is 0 Å². The number of esters is 4. The van der Waals surface area contributed by atoms with E-state index in [9.17, 15) is 19.2 Å². The largest absolute Gasteiger partial charge is 0.488 e. The highest BCUT2D eigenvalue weighted by Crippen LogP contribution is 2.41. The lowest BCUT2D eigenvalue weighted by atomic mass is 9.91. The summed E-state index contributed by atoms with van der Waals surface area (Å²) in [5.41, 5.74) is 11.1. The first-order chi connectivity index (χ1) is 43.3. The maximum Gasteiger partial charge on any atom is 0.344 e. The molecular formula is C72H68O16. The minimum absolute atomic E-state index is 0.0416. The van der Waals surface area contributed by atoms with Gasteiger partial charge in [-0.3, -0.25) is 0 Å². The Labute approximate surface area is 511 Å². The summed E-state index contributed by atoms with van der Waals surface area (Å²) in [5.74, 6) is 0.604. The number of benzene rings is 8. The second-order valence-electron chi connectivity index (χ2n) is 21.3. The van der Waals surface area contributed by atoms with Crippen LogP contribution in [0.15, 0.2) is 170 Å². The second kappa shape index (κ2) is 30.1. The molecule has 3 aliphatic rings. The Morgan fingerprint density at radius 3 is 0.727 bits per heavy atom. The Hall–Kier alpha value is -9.64. The van der Waals surface area contributed by atoms with Crippen LogP contribution < -0.4 is 28.4 Å². The van der Waals surface area contributed by atoms with Crippen LogP contribution in [0.2, 0.25) is 0 Å². The smallest absolute Gasteiger partial charge is 0.344 e. The highest BCUT2D eigenvalue weighted by molar-refractivity contribution is 5.73. The van der Waals surface area contributed by atoms with Gasteiger partial charge in [0.1, 0.15) is 74.1 Å². The van der Waals surface area contributed by atoms with Gasteiger partial charge < -0.3 is 56.8 Å². The standard InChI is InChI=1S/C72H68O16/c73-63-45-85-69-55-21-9-25-59(69)41-61-27-11-23-57-39-53-19-8-20-54(68(53)84-44-50-15-5-2-6-16-50)40-58-24-12-28-62(72(58)88-48-66(76)82-36-32-78-31-35-81-65(75)47-87-71(57)61)42-60-26-10-22-56(70(60)86-46-64(74)80-34-30-77-29-33-79-63)38-52-18-7-17-51(37-55)67(52)83-43-49-13-3-1-4-14-49/h1-28H,29-48H2. The van der Waals surface area contributed by atoms with Crippen molar-refractivity contribution in [3.05, 3.63) is 248 Å². The topological polar surface area (TPSA) is 179 Å². The van der Waals surface area contributed by atoms with Crippen molar-refractivity contribution < 1.29 is 76.0 Å². The minimum atomic E-state index is -0.619. The fourth-order valence-corrected chi connectivity index (χ4v) is 11.1. The molecule has 8 aromatic carbocycles. The summed E-state index contributed by atoms with van der Waals surface area (Å²) in [6.45, 7) is -1.36. The van der Waals surface area contributed by atoms with Crippen molar-refractivity contribution in [1.29, 1.82) is 0 Å². The lowest BCUT2D eigenvalue weighted by molar-refractivity contribution is -0.150. The summed E-state index contributed by atoms with van der Waals surface area (Å²) in [5, 5.41) is 0. The maximum atomic E-state index is 13.6. The van der Waals surface area contributed by atoms with E-state index in [4.69, 9.17) is 56.8 Å². The van der Waals surface area contributed by atoms with Crippen LogP contribution in [0.5, 0.6) is 34.5 Å². The van der Waals surface area contributed by atoms with E-state index in [2.05, 4.69) is 0 Å². The summed E-state index contributed by atoms with van der Waals surface area (Å²) in [4.78, 5) is 54.3. The van der Waals surface area contributed by atoms with Crippen LogP contribution in [0.4, 0.5) is 0 Å². The molecule has 16 bridgehead atoms. The Balaban J connectivity index is 1.13. The zero-order valence-electron chi connectivity index (χ0n) is 48.8. The number of para-hydroxylation sites is 6. The molecule has 2 aliphatic heterocycles. The lowest BCUT2D eigenvalue weighted by Crippen LogP contribution is -2.21. The molecule has 0 unspecified atom stereocenters. The van der Waals surface area contributed by atoms with Crippen molar-refractivity contribution in [2.24, 2.45) is 0 Å². The molecule has 0 saturated carbocycles. The van der Waals surface area contributed by atoms with Gasteiger partial charge in [-0.15, -0.1) is 0 Å². The quantitative estimate of drug-likeness (QED) is 0.113. The van der Waals surface area contributed by atoms with Gasteiger partial charge in [0.15, 0.2) is 26.4 Å². The number of hydrogen-bond acceptors (Lipinski definition) is 16. The van der Waals surface area contributed by atoms with Crippen LogP contribution in [-0.2, 0) is 99.3 Å². The van der Waals surface area contributed by atoms with Gasteiger partial charge in [0.2, 0.25) is 0 Å². The molecule has 8 aromatic rings. The molecule has 0 amide bonds. The summed E-state index contributed by atoms with van der Waals surface area (Å²) in [6, 6.07) is 55.4. The van der Waals surface area contributed by atoms with Crippen molar-refractivity contribution in [2.45, 2.75) is 51.7 Å². The predicted octanol–water partition coefficient (Wildman–Crippen LogP) is 10.5. The van der Waals surface area contributed by atoms with E-state index in [-0.39, 0.29) is 78.9 Å². The van der Waals surface area contributed by atoms with Gasteiger partial charge in [-0.05, 0) is 77.9 Å². The third-order valence-electron chi connectivity index (χ3n) is 15.1. The number of rotatable bonds is 6. The van der Waals surface area contributed by atoms with Crippen molar-refractivity contribution in [2.75, 3.05) is 79.3 Å². The molecule has 0 aromatic heterocycles. The Morgan fingerprint density at radius 2 is 0.477 bits per heavy atom. The minimum Gasteiger partial charge on any atom is -0.488 e. The van der Waals surface area contributed by atoms with E-state index < -0.39 is 50.3 Å². The van der Waals surface area contributed by atoms with Crippen LogP contribution >= 0.6 is 0 Å². The molecule has 11 rings (SSSR count). The number of cyclic esters (lactones) is 4.